The Morgan fingerprint density at radius 3 is 2.31 bits per heavy atom. The summed E-state index contributed by atoms with van der Waals surface area (Å²) in [5.41, 5.74) is 2.33. The van der Waals surface area contributed by atoms with Crippen molar-refractivity contribution in [3.63, 3.8) is 0 Å². The quantitative estimate of drug-likeness (QED) is 0.658. The number of hydrogen-bond acceptors (Lipinski definition) is 1. The highest BCUT2D eigenvalue weighted by atomic mass is 19.1. The summed E-state index contributed by atoms with van der Waals surface area (Å²) < 4.78 is 12.6. The molecular formula is C11H12FN. The van der Waals surface area contributed by atoms with Crippen molar-refractivity contribution in [1.82, 2.24) is 0 Å². The lowest BCUT2D eigenvalue weighted by Gasteiger charge is -1.99. The van der Waals surface area contributed by atoms with E-state index in [0.717, 1.165) is 5.56 Å². The lowest BCUT2D eigenvalue weighted by atomic mass is 10.0. The Hall–Kier alpha value is -1.18. The van der Waals surface area contributed by atoms with Crippen LogP contribution in [0.1, 0.15) is 25.5 Å². The van der Waals surface area contributed by atoms with E-state index >= 15 is 0 Å². The minimum absolute atomic E-state index is 0.185. The first-order valence-electron chi connectivity index (χ1n) is 4.51. The molecule has 0 radical (unpaired) electrons. The van der Waals surface area contributed by atoms with Gasteiger partial charge in [0.1, 0.15) is 11.9 Å². The molecule has 1 nitrogen and oxygen atoms in total. The van der Waals surface area contributed by atoms with E-state index in [2.05, 4.69) is 18.8 Å². The second-order valence-electron chi connectivity index (χ2n) is 3.66. The Balaban J connectivity index is 2.10. The van der Waals surface area contributed by atoms with E-state index in [9.17, 15) is 4.39 Å². The Morgan fingerprint density at radius 1 is 1.23 bits per heavy atom. The molecule has 0 saturated carbocycles. The van der Waals surface area contributed by atoms with E-state index in [0.29, 0.717) is 5.92 Å². The Labute approximate surface area is 77.3 Å². The summed E-state index contributed by atoms with van der Waals surface area (Å²) in [6.07, 6.45) is 0. The van der Waals surface area contributed by atoms with Crippen LogP contribution in [0.25, 0.3) is 0 Å². The fourth-order valence-corrected chi connectivity index (χ4v) is 1.47. The summed E-state index contributed by atoms with van der Waals surface area (Å²) in [7, 11) is 0. The van der Waals surface area contributed by atoms with Gasteiger partial charge in [0.25, 0.3) is 0 Å². The minimum Gasteiger partial charge on any atom is -0.277 e. The second kappa shape index (κ2) is 2.95. The van der Waals surface area contributed by atoms with Gasteiger partial charge in [-0.3, -0.25) is 4.99 Å². The van der Waals surface area contributed by atoms with E-state index in [1.54, 1.807) is 12.1 Å². The van der Waals surface area contributed by atoms with Crippen LogP contribution in [0.4, 0.5) is 4.39 Å². The average Bonchev–Trinajstić information content (AvgIpc) is 2.85. The zero-order valence-corrected chi connectivity index (χ0v) is 7.79. The molecule has 0 amide bonds. The maximum Gasteiger partial charge on any atom is 0.123 e. The number of rotatable bonds is 2. The first-order chi connectivity index (χ1) is 6.18. The summed E-state index contributed by atoms with van der Waals surface area (Å²) in [6, 6.07) is 6.82. The van der Waals surface area contributed by atoms with Crippen LogP contribution in [0.5, 0.6) is 0 Å². The normalized spacial score (nSPS) is 20.3. The molecule has 1 heterocycles. The van der Waals surface area contributed by atoms with E-state index < -0.39 is 0 Å². The van der Waals surface area contributed by atoms with Gasteiger partial charge < -0.3 is 0 Å². The Kier molecular flexibility index (Phi) is 1.91. The zero-order chi connectivity index (χ0) is 9.42. The van der Waals surface area contributed by atoms with E-state index in [4.69, 9.17) is 0 Å². The van der Waals surface area contributed by atoms with E-state index in [1.165, 1.54) is 17.8 Å². The van der Waals surface area contributed by atoms with Gasteiger partial charge in [-0.05, 0) is 23.6 Å². The summed E-state index contributed by atoms with van der Waals surface area (Å²) in [6.45, 7) is 4.25. The molecule has 13 heavy (non-hydrogen) atoms. The van der Waals surface area contributed by atoms with Crippen LogP contribution >= 0.6 is 0 Å². The number of aliphatic imine (C=N–C) groups is 1. The van der Waals surface area contributed by atoms with Crippen molar-refractivity contribution in [2.45, 2.75) is 19.9 Å². The number of hydrogen-bond donors (Lipinski definition) is 0. The van der Waals surface area contributed by atoms with Gasteiger partial charge in [-0.1, -0.05) is 26.0 Å². The van der Waals surface area contributed by atoms with Gasteiger partial charge >= 0.3 is 0 Å². The molecule has 0 aliphatic carbocycles. The topological polar surface area (TPSA) is 12.4 Å². The molecule has 0 saturated heterocycles. The summed E-state index contributed by atoms with van der Waals surface area (Å²) in [5.74, 6) is 0.325. The van der Waals surface area contributed by atoms with Crippen LogP contribution in [-0.2, 0) is 0 Å². The van der Waals surface area contributed by atoms with Crippen molar-refractivity contribution in [2.24, 2.45) is 10.9 Å². The molecule has 2 heteroatoms. The lowest BCUT2D eigenvalue weighted by Crippen LogP contribution is -1.98. The average molecular weight is 177 g/mol. The molecule has 1 atom stereocenters. The highest BCUT2D eigenvalue weighted by Crippen LogP contribution is 2.34. The molecule has 0 fully saturated rings. The van der Waals surface area contributed by atoms with Gasteiger partial charge in [-0.2, -0.15) is 0 Å². The Morgan fingerprint density at radius 2 is 1.85 bits per heavy atom. The SMILES string of the molecule is CC(C)C1=N[C@H]1c1ccc(F)cc1. The molecule has 2 rings (SSSR count). The first-order valence-corrected chi connectivity index (χ1v) is 4.51. The standard InChI is InChI=1S/C11H12FN/c1-7(2)10-11(13-10)8-3-5-9(12)6-4-8/h3-7,11H,1-2H3/t11-/m0/s1. The van der Waals surface area contributed by atoms with E-state index in [1.807, 2.05) is 0 Å². The van der Waals surface area contributed by atoms with Crippen molar-refractivity contribution in [1.29, 1.82) is 0 Å². The largest absolute Gasteiger partial charge is 0.277 e. The molecule has 0 aromatic heterocycles. The molecule has 0 spiro atoms. The van der Waals surface area contributed by atoms with Gasteiger partial charge in [0.2, 0.25) is 0 Å². The molecule has 1 aliphatic heterocycles. The van der Waals surface area contributed by atoms with Crippen molar-refractivity contribution in [2.75, 3.05) is 0 Å². The van der Waals surface area contributed by atoms with Crippen LogP contribution in [0.2, 0.25) is 0 Å². The smallest absolute Gasteiger partial charge is 0.123 e. The first kappa shape index (κ1) is 8.42. The second-order valence-corrected chi connectivity index (χ2v) is 3.66. The van der Waals surface area contributed by atoms with Crippen LogP contribution in [0, 0.1) is 11.7 Å². The predicted molar refractivity (Wildman–Crippen MR) is 51.4 cm³/mol. The van der Waals surface area contributed by atoms with Crippen LogP contribution in [0.3, 0.4) is 0 Å². The molecule has 0 bridgehead atoms. The van der Waals surface area contributed by atoms with Gasteiger partial charge in [0, 0.05) is 5.71 Å². The van der Waals surface area contributed by atoms with Crippen molar-refractivity contribution < 1.29 is 4.39 Å². The van der Waals surface area contributed by atoms with Gasteiger partial charge in [-0.15, -0.1) is 0 Å². The summed E-state index contributed by atoms with van der Waals surface area (Å²) >= 11 is 0. The Bertz CT molecular complexity index is 338. The third kappa shape index (κ3) is 1.62. The fraction of sp³-hybridized carbons (Fsp3) is 0.364. The summed E-state index contributed by atoms with van der Waals surface area (Å²) in [4.78, 5) is 4.35. The molecule has 0 unspecified atom stereocenters. The maximum absolute atomic E-state index is 12.6. The highest BCUT2D eigenvalue weighted by Gasteiger charge is 2.30. The number of halogens is 1. The van der Waals surface area contributed by atoms with Gasteiger partial charge in [0.15, 0.2) is 0 Å². The van der Waals surface area contributed by atoms with Crippen LogP contribution in [-0.4, -0.2) is 5.71 Å². The third-order valence-corrected chi connectivity index (χ3v) is 2.27. The van der Waals surface area contributed by atoms with Gasteiger partial charge in [-0.25, -0.2) is 4.39 Å². The third-order valence-electron chi connectivity index (χ3n) is 2.27. The fourth-order valence-electron chi connectivity index (χ4n) is 1.47. The lowest BCUT2D eigenvalue weighted by molar-refractivity contribution is 0.627. The van der Waals surface area contributed by atoms with Crippen molar-refractivity contribution >= 4 is 5.71 Å². The van der Waals surface area contributed by atoms with E-state index in [-0.39, 0.29) is 11.9 Å². The highest BCUT2D eigenvalue weighted by molar-refractivity contribution is 6.02. The monoisotopic (exact) mass is 177 g/mol. The van der Waals surface area contributed by atoms with Crippen molar-refractivity contribution in [3.05, 3.63) is 35.6 Å². The molecule has 1 aromatic rings. The molecule has 68 valence electrons. The zero-order valence-electron chi connectivity index (χ0n) is 7.79. The van der Waals surface area contributed by atoms with Crippen LogP contribution < -0.4 is 0 Å². The minimum atomic E-state index is -0.185. The molecule has 0 N–H and O–H groups in total. The van der Waals surface area contributed by atoms with Gasteiger partial charge in [0.05, 0.1) is 0 Å². The maximum atomic E-state index is 12.6. The summed E-state index contributed by atoms with van der Waals surface area (Å²) in [5, 5.41) is 0. The number of benzene rings is 1. The van der Waals surface area contributed by atoms with Crippen molar-refractivity contribution in [3.8, 4) is 0 Å². The predicted octanol–water partition coefficient (Wildman–Crippen LogP) is 2.98. The number of nitrogens with zero attached hydrogens (tertiary/aromatic N) is 1. The molecule has 1 aromatic carbocycles. The molecule has 1 aliphatic rings. The van der Waals surface area contributed by atoms with Crippen LogP contribution in [0.15, 0.2) is 29.3 Å². The molecular weight excluding hydrogens is 165 g/mol.